The number of aromatic nitrogens is 2. The van der Waals surface area contributed by atoms with Crippen LogP contribution in [0.5, 0.6) is 0 Å². The molecule has 0 spiro atoms. The summed E-state index contributed by atoms with van der Waals surface area (Å²) in [4.78, 5) is 32.1. The molecule has 0 unspecified atom stereocenters. The fraction of sp³-hybridized carbons (Fsp3) is 0.375. The lowest BCUT2D eigenvalue weighted by Gasteiger charge is -2.31. The summed E-state index contributed by atoms with van der Waals surface area (Å²) in [6.45, 7) is 8.72. The lowest BCUT2D eigenvalue weighted by Crippen LogP contribution is -2.43. The lowest BCUT2D eigenvalue weighted by molar-refractivity contribution is -0.135. The Balaban J connectivity index is 1.77. The number of nitrogens with one attached hydrogen (secondary N) is 1. The molecule has 3 rings (SSSR count). The van der Waals surface area contributed by atoms with Crippen molar-refractivity contribution in [2.24, 2.45) is 0 Å². The molecule has 0 fully saturated rings. The molecular formula is C24H29ClN4O2. The fourth-order valence-electron chi connectivity index (χ4n) is 3.90. The second-order valence-electron chi connectivity index (χ2n) is 8.11. The number of para-hydroxylation sites is 2. The first-order valence-electron chi connectivity index (χ1n) is 10.6. The predicted octanol–water partition coefficient (Wildman–Crippen LogP) is 4.31. The summed E-state index contributed by atoms with van der Waals surface area (Å²) in [5.41, 5.74) is 2.27. The zero-order valence-corrected chi connectivity index (χ0v) is 19.2. The van der Waals surface area contributed by atoms with Crippen LogP contribution in [0, 0.1) is 0 Å². The molecule has 0 atom stereocenters. The molecule has 0 bridgehead atoms. The summed E-state index contributed by atoms with van der Waals surface area (Å²) in [5, 5.41) is 3.43. The molecule has 0 aliphatic carbocycles. The molecule has 7 heteroatoms. The van der Waals surface area contributed by atoms with Crippen molar-refractivity contribution < 1.29 is 9.59 Å². The lowest BCUT2D eigenvalue weighted by atomic mass is 10.2. The van der Waals surface area contributed by atoms with Crippen LogP contribution in [0.2, 0.25) is 5.02 Å². The number of imidazole rings is 1. The zero-order valence-electron chi connectivity index (χ0n) is 18.4. The van der Waals surface area contributed by atoms with Crippen LogP contribution >= 0.6 is 11.6 Å². The van der Waals surface area contributed by atoms with Crippen molar-refractivity contribution in [3.8, 4) is 0 Å². The van der Waals surface area contributed by atoms with E-state index in [-0.39, 0.29) is 30.4 Å². The van der Waals surface area contributed by atoms with Gasteiger partial charge in [0.05, 0.1) is 11.0 Å². The third-order valence-electron chi connectivity index (χ3n) is 5.15. The summed E-state index contributed by atoms with van der Waals surface area (Å²) in [6, 6.07) is 14.8. The molecule has 1 N–H and O–H groups in total. The van der Waals surface area contributed by atoms with Crippen LogP contribution in [0.1, 0.15) is 43.9 Å². The van der Waals surface area contributed by atoms with E-state index in [1.165, 1.54) is 0 Å². The van der Waals surface area contributed by atoms with Crippen molar-refractivity contribution in [3.63, 3.8) is 0 Å². The summed E-state index contributed by atoms with van der Waals surface area (Å²) >= 11 is 5.97. The number of carbonyl (C=O) groups excluding carboxylic acids is 2. The van der Waals surface area contributed by atoms with Crippen molar-refractivity contribution in [3.05, 3.63) is 64.9 Å². The molecule has 2 aromatic carbocycles. The van der Waals surface area contributed by atoms with E-state index in [0.717, 1.165) is 16.9 Å². The first-order chi connectivity index (χ1) is 14.8. The third-order valence-corrected chi connectivity index (χ3v) is 5.38. The Kier molecular flexibility index (Phi) is 7.33. The van der Waals surface area contributed by atoms with Gasteiger partial charge < -0.3 is 14.8 Å². The van der Waals surface area contributed by atoms with E-state index in [2.05, 4.69) is 5.32 Å². The Morgan fingerprint density at radius 3 is 2.45 bits per heavy atom. The van der Waals surface area contributed by atoms with Crippen LogP contribution in [-0.2, 0) is 17.8 Å². The molecule has 1 heterocycles. The molecule has 0 aliphatic rings. The predicted molar refractivity (Wildman–Crippen MR) is 124 cm³/mol. The molecule has 6 nitrogen and oxygen atoms in total. The first kappa shape index (κ1) is 22.8. The number of nitrogens with zero attached hydrogens (tertiary/aromatic N) is 3. The van der Waals surface area contributed by atoms with Gasteiger partial charge in [0.2, 0.25) is 5.91 Å². The molecule has 0 saturated carbocycles. The van der Waals surface area contributed by atoms with Gasteiger partial charge in [-0.3, -0.25) is 9.59 Å². The van der Waals surface area contributed by atoms with Crippen molar-refractivity contribution in [2.45, 2.75) is 52.7 Å². The van der Waals surface area contributed by atoms with Gasteiger partial charge in [-0.25, -0.2) is 4.98 Å². The summed E-state index contributed by atoms with van der Waals surface area (Å²) in [5.74, 6) is 0.637. The van der Waals surface area contributed by atoms with Gasteiger partial charge in [-0.05, 0) is 58.0 Å². The van der Waals surface area contributed by atoms with Crippen molar-refractivity contribution in [1.82, 2.24) is 19.8 Å². The summed E-state index contributed by atoms with van der Waals surface area (Å²) in [6.07, 6.45) is 0.512. The molecule has 164 valence electrons. The van der Waals surface area contributed by atoms with Crippen LogP contribution in [0.15, 0.2) is 48.5 Å². The highest BCUT2D eigenvalue weighted by Gasteiger charge is 2.22. The normalized spacial score (nSPS) is 11.3. The van der Waals surface area contributed by atoms with Gasteiger partial charge in [-0.1, -0.05) is 29.8 Å². The van der Waals surface area contributed by atoms with Crippen LogP contribution in [0.25, 0.3) is 11.0 Å². The van der Waals surface area contributed by atoms with E-state index in [1.807, 2.05) is 61.4 Å². The molecule has 1 aromatic heterocycles. The second-order valence-corrected chi connectivity index (χ2v) is 8.54. The standard InChI is InChI=1S/C24H29ClN4O2/c1-16(2)29(17(3)4)23(30)15-28-21-11-6-5-10-20(21)27-22(28)12-13-26-24(31)18-8-7-9-19(25)14-18/h5-11,14,16-17H,12-13,15H2,1-4H3,(H,26,31). The number of amides is 2. The Morgan fingerprint density at radius 1 is 1.06 bits per heavy atom. The van der Waals surface area contributed by atoms with Gasteiger partial charge in [-0.15, -0.1) is 0 Å². The Bertz CT molecular complexity index is 1070. The minimum absolute atomic E-state index is 0.0531. The number of rotatable bonds is 8. The quantitative estimate of drug-likeness (QED) is 0.567. The second kappa shape index (κ2) is 9.96. The highest BCUT2D eigenvalue weighted by Crippen LogP contribution is 2.18. The average molecular weight is 441 g/mol. The van der Waals surface area contributed by atoms with Gasteiger partial charge in [-0.2, -0.15) is 0 Å². The van der Waals surface area contributed by atoms with Crippen LogP contribution < -0.4 is 5.32 Å². The van der Waals surface area contributed by atoms with E-state index in [0.29, 0.717) is 23.6 Å². The number of hydrogen-bond donors (Lipinski definition) is 1. The molecule has 0 radical (unpaired) electrons. The Hall–Kier alpha value is -2.86. The van der Waals surface area contributed by atoms with Gasteiger partial charge in [0, 0.05) is 35.6 Å². The fourth-order valence-corrected chi connectivity index (χ4v) is 4.09. The minimum atomic E-state index is -0.188. The number of benzene rings is 2. The summed E-state index contributed by atoms with van der Waals surface area (Å²) < 4.78 is 1.96. The maximum absolute atomic E-state index is 13.1. The SMILES string of the molecule is CC(C)N(C(=O)Cn1c(CCNC(=O)c2cccc(Cl)c2)nc2ccccc21)C(C)C. The van der Waals surface area contributed by atoms with Gasteiger partial charge in [0.25, 0.3) is 5.91 Å². The largest absolute Gasteiger partial charge is 0.352 e. The Morgan fingerprint density at radius 2 is 1.77 bits per heavy atom. The summed E-state index contributed by atoms with van der Waals surface area (Å²) in [7, 11) is 0. The van der Waals surface area contributed by atoms with Gasteiger partial charge >= 0.3 is 0 Å². The molecule has 0 saturated heterocycles. The number of carbonyl (C=O) groups is 2. The van der Waals surface area contributed by atoms with E-state index in [1.54, 1.807) is 24.3 Å². The van der Waals surface area contributed by atoms with Crippen LogP contribution in [0.3, 0.4) is 0 Å². The number of hydrogen-bond acceptors (Lipinski definition) is 3. The minimum Gasteiger partial charge on any atom is -0.352 e. The van der Waals surface area contributed by atoms with Crippen molar-refractivity contribution in [1.29, 1.82) is 0 Å². The van der Waals surface area contributed by atoms with Crippen molar-refractivity contribution in [2.75, 3.05) is 6.54 Å². The topological polar surface area (TPSA) is 67.2 Å². The van der Waals surface area contributed by atoms with E-state index in [4.69, 9.17) is 16.6 Å². The first-order valence-corrected chi connectivity index (χ1v) is 10.9. The molecule has 0 aliphatic heterocycles. The van der Waals surface area contributed by atoms with Crippen LogP contribution in [0.4, 0.5) is 0 Å². The molecule has 3 aromatic rings. The van der Waals surface area contributed by atoms with E-state index in [9.17, 15) is 9.59 Å². The van der Waals surface area contributed by atoms with Crippen LogP contribution in [-0.4, -0.2) is 44.9 Å². The van der Waals surface area contributed by atoms with E-state index >= 15 is 0 Å². The average Bonchev–Trinajstić information content (AvgIpc) is 3.04. The number of fused-ring (bicyclic) bond motifs is 1. The molecular weight excluding hydrogens is 412 g/mol. The smallest absolute Gasteiger partial charge is 0.251 e. The van der Waals surface area contributed by atoms with E-state index < -0.39 is 0 Å². The van der Waals surface area contributed by atoms with Crippen molar-refractivity contribution >= 4 is 34.4 Å². The molecule has 31 heavy (non-hydrogen) atoms. The van der Waals surface area contributed by atoms with Gasteiger partial charge in [0.15, 0.2) is 0 Å². The maximum Gasteiger partial charge on any atom is 0.251 e. The molecule has 2 amide bonds. The monoisotopic (exact) mass is 440 g/mol. The Labute approximate surface area is 188 Å². The zero-order chi connectivity index (χ0) is 22.5. The van der Waals surface area contributed by atoms with Gasteiger partial charge in [0.1, 0.15) is 12.4 Å². The number of halogens is 1. The maximum atomic E-state index is 13.1. The highest BCUT2D eigenvalue weighted by atomic mass is 35.5. The third kappa shape index (κ3) is 5.44. The highest BCUT2D eigenvalue weighted by molar-refractivity contribution is 6.30.